The third-order valence-electron chi connectivity index (χ3n) is 7.42. The normalized spacial score (nSPS) is 14.0. The number of pyridine rings is 1. The number of benzene rings is 2. The molecule has 0 bridgehead atoms. The van der Waals surface area contributed by atoms with E-state index < -0.39 is 17.6 Å². The number of likely N-dealkylation sites (tertiary alicyclic amines) is 1. The first kappa shape index (κ1) is 30.2. The summed E-state index contributed by atoms with van der Waals surface area (Å²) in [6, 6.07) is 14.9. The highest BCUT2D eigenvalue weighted by molar-refractivity contribution is 6.04. The molecule has 1 aliphatic heterocycles. The predicted octanol–water partition coefficient (Wildman–Crippen LogP) is 7.72. The number of nitrogens with one attached hydrogen (secondary N) is 1. The maximum atomic E-state index is 13.1. The highest BCUT2D eigenvalue weighted by Crippen LogP contribution is 2.33. The number of ether oxygens (including phenoxy) is 1. The maximum Gasteiger partial charge on any atom is 0.416 e. The van der Waals surface area contributed by atoms with Gasteiger partial charge in [-0.3, -0.25) is 4.79 Å². The van der Waals surface area contributed by atoms with Gasteiger partial charge in [0, 0.05) is 30.1 Å². The topological polar surface area (TPSA) is 80.2 Å². The van der Waals surface area contributed by atoms with Crippen LogP contribution >= 0.6 is 0 Å². The summed E-state index contributed by atoms with van der Waals surface area (Å²) < 4.78 is 45.3. The number of carbonyl (C=O) groups excluding carboxylic acids is 1. The fourth-order valence-corrected chi connectivity index (χ4v) is 5.12. The van der Waals surface area contributed by atoms with Crippen LogP contribution in [0.4, 0.5) is 18.9 Å². The van der Waals surface area contributed by atoms with Crippen molar-refractivity contribution in [2.45, 2.75) is 51.6 Å². The zero-order valence-electron chi connectivity index (χ0n) is 24.0. The van der Waals surface area contributed by atoms with Crippen LogP contribution in [0.2, 0.25) is 0 Å². The van der Waals surface area contributed by atoms with E-state index in [9.17, 15) is 18.0 Å². The third-order valence-corrected chi connectivity index (χ3v) is 7.42. The summed E-state index contributed by atoms with van der Waals surface area (Å²) in [5.41, 5.74) is 1.60. The van der Waals surface area contributed by atoms with Gasteiger partial charge in [0.05, 0.1) is 16.8 Å². The van der Waals surface area contributed by atoms with Gasteiger partial charge in [0.1, 0.15) is 11.6 Å². The molecule has 0 aliphatic carbocycles. The summed E-state index contributed by atoms with van der Waals surface area (Å²) in [4.78, 5) is 28.9. The van der Waals surface area contributed by atoms with Gasteiger partial charge < -0.3 is 15.0 Å². The molecule has 1 aliphatic rings. The molecule has 2 aromatic carbocycles. The first-order valence-electron chi connectivity index (χ1n) is 14.5. The molecule has 1 fully saturated rings. The summed E-state index contributed by atoms with van der Waals surface area (Å²) in [5, 5.41) is 2.65. The van der Waals surface area contributed by atoms with Gasteiger partial charge in [-0.2, -0.15) is 13.2 Å². The van der Waals surface area contributed by atoms with E-state index in [2.05, 4.69) is 20.2 Å². The Morgan fingerprint density at radius 1 is 0.953 bits per heavy atom. The van der Waals surface area contributed by atoms with Crippen molar-refractivity contribution in [3.8, 4) is 22.9 Å². The first-order chi connectivity index (χ1) is 20.8. The Kier molecular flexibility index (Phi) is 9.66. The van der Waals surface area contributed by atoms with Gasteiger partial charge in [0.2, 0.25) is 5.88 Å². The molecular formula is C33H34F3N5O2. The second-order valence-corrected chi connectivity index (χ2v) is 10.7. The minimum absolute atomic E-state index is 0.0860. The molecular weight excluding hydrogens is 555 g/mol. The number of amides is 1. The fraction of sp³-hybridized carbons (Fsp3) is 0.333. The number of aromatic nitrogens is 3. The van der Waals surface area contributed by atoms with Crippen LogP contribution in [-0.4, -0.2) is 45.4 Å². The summed E-state index contributed by atoms with van der Waals surface area (Å²) in [6.45, 7) is 5.33. The van der Waals surface area contributed by atoms with E-state index in [1.807, 2.05) is 25.1 Å². The molecule has 4 aromatic rings. The summed E-state index contributed by atoms with van der Waals surface area (Å²) in [6.07, 6.45) is 5.73. The van der Waals surface area contributed by atoms with E-state index in [0.29, 0.717) is 28.6 Å². The molecule has 0 unspecified atom stereocenters. The summed E-state index contributed by atoms with van der Waals surface area (Å²) in [5.74, 6) is 1.03. The van der Waals surface area contributed by atoms with Gasteiger partial charge in [0.25, 0.3) is 5.91 Å². The largest absolute Gasteiger partial charge is 0.438 e. The fourth-order valence-electron chi connectivity index (χ4n) is 5.12. The number of halogens is 3. The Morgan fingerprint density at radius 3 is 2.58 bits per heavy atom. The Hall–Kier alpha value is -4.31. The summed E-state index contributed by atoms with van der Waals surface area (Å²) >= 11 is 0. The van der Waals surface area contributed by atoms with Crippen LogP contribution in [0.5, 0.6) is 11.6 Å². The van der Waals surface area contributed by atoms with Crippen molar-refractivity contribution in [3.63, 3.8) is 0 Å². The lowest BCUT2D eigenvalue weighted by Gasteiger charge is -2.26. The monoisotopic (exact) mass is 589 g/mol. The first-order valence-corrected chi connectivity index (χ1v) is 14.5. The number of nitrogens with zero attached hydrogens (tertiary/aromatic N) is 4. The number of hydrogen-bond acceptors (Lipinski definition) is 6. The van der Waals surface area contributed by atoms with Gasteiger partial charge in [-0.05, 0) is 112 Å². The third kappa shape index (κ3) is 8.16. The van der Waals surface area contributed by atoms with Crippen molar-refractivity contribution in [2.75, 3.05) is 25.0 Å². The van der Waals surface area contributed by atoms with E-state index in [1.54, 1.807) is 30.6 Å². The average molecular weight is 590 g/mol. The summed E-state index contributed by atoms with van der Waals surface area (Å²) in [7, 11) is 0. The van der Waals surface area contributed by atoms with Crippen molar-refractivity contribution in [1.82, 2.24) is 19.9 Å². The maximum absolute atomic E-state index is 13.1. The van der Waals surface area contributed by atoms with Crippen LogP contribution in [0.15, 0.2) is 73.1 Å². The van der Waals surface area contributed by atoms with E-state index in [-0.39, 0.29) is 5.56 Å². The molecule has 1 amide bonds. The molecule has 7 nitrogen and oxygen atoms in total. The lowest BCUT2D eigenvalue weighted by Crippen LogP contribution is -2.30. The van der Waals surface area contributed by atoms with Gasteiger partial charge >= 0.3 is 6.18 Å². The molecule has 0 radical (unpaired) electrons. The molecule has 224 valence electrons. The highest BCUT2D eigenvalue weighted by Gasteiger charge is 2.31. The zero-order valence-corrected chi connectivity index (χ0v) is 24.0. The SMILES string of the molecule is Cc1cc(NC(=O)c2cccc(C(F)(F)F)c2)ccc1Oc1ncccc1-c1ccnc(CCCCN2CCCCC2)n1. The second-order valence-electron chi connectivity index (χ2n) is 10.7. The minimum atomic E-state index is -4.53. The van der Waals surface area contributed by atoms with Crippen LogP contribution in [0.1, 0.15) is 59.4 Å². The van der Waals surface area contributed by atoms with Crippen molar-refractivity contribution < 1.29 is 22.7 Å². The average Bonchev–Trinajstić information content (AvgIpc) is 3.01. The predicted molar refractivity (Wildman–Crippen MR) is 159 cm³/mol. The van der Waals surface area contributed by atoms with Crippen LogP contribution in [0.3, 0.4) is 0 Å². The van der Waals surface area contributed by atoms with Crippen molar-refractivity contribution in [2.24, 2.45) is 0 Å². The van der Waals surface area contributed by atoms with Crippen molar-refractivity contribution >= 4 is 11.6 Å². The van der Waals surface area contributed by atoms with Crippen LogP contribution in [-0.2, 0) is 12.6 Å². The van der Waals surface area contributed by atoms with Gasteiger partial charge in [-0.1, -0.05) is 12.5 Å². The number of carbonyl (C=O) groups is 1. The number of alkyl halides is 3. The Bertz CT molecular complexity index is 1550. The van der Waals surface area contributed by atoms with E-state index >= 15 is 0 Å². The van der Waals surface area contributed by atoms with E-state index in [1.165, 1.54) is 44.5 Å². The molecule has 0 saturated carbocycles. The molecule has 0 spiro atoms. The molecule has 10 heteroatoms. The number of aryl methyl sites for hydroxylation is 2. The molecule has 2 aromatic heterocycles. The minimum Gasteiger partial charge on any atom is -0.438 e. The lowest BCUT2D eigenvalue weighted by atomic mass is 10.1. The van der Waals surface area contributed by atoms with E-state index in [4.69, 9.17) is 9.72 Å². The number of unbranched alkanes of at least 4 members (excludes halogenated alkanes) is 1. The number of anilines is 1. The zero-order chi connectivity index (χ0) is 30.2. The Labute approximate surface area is 249 Å². The lowest BCUT2D eigenvalue weighted by molar-refractivity contribution is -0.137. The van der Waals surface area contributed by atoms with Gasteiger partial charge in [0.15, 0.2) is 0 Å². The quantitative estimate of drug-likeness (QED) is 0.191. The van der Waals surface area contributed by atoms with Gasteiger partial charge in [-0.15, -0.1) is 0 Å². The highest BCUT2D eigenvalue weighted by atomic mass is 19.4. The number of piperidine rings is 1. The van der Waals surface area contributed by atoms with Crippen molar-refractivity contribution in [1.29, 1.82) is 0 Å². The molecule has 0 atom stereocenters. The van der Waals surface area contributed by atoms with Gasteiger partial charge in [-0.25, -0.2) is 15.0 Å². The molecule has 43 heavy (non-hydrogen) atoms. The van der Waals surface area contributed by atoms with Crippen LogP contribution < -0.4 is 10.1 Å². The number of hydrogen-bond donors (Lipinski definition) is 1. The molecule has 1 N–H and O–H groups in total. The van der Waals surface area contributed by atoms with Crippen LogP contribution in [0, 0.1) is 6.92 Å². The van der Waals surface area contributed by atoms with Crippen LogP contribution in [0.25, 0.3) is 11.3 Å². The second kappa shape index (κ2) is 13.8. The Morgan fingerprint density at radius 2 is 1.79 bits per heavy atom. The molecule has 1 saturated heterocycles. The molecule has 5 rings (SSSR count). The molecule has 3 heterocycles. The Balaban J connectivity index is 1.23. The smallest absolute Gasteiger partial charge is 0.416 e. The van der Waals surface area contributed by atoms with E-state index in [0.717, 1.165) is 49.3 Å². The standard InChI is InChI=1S/C33H34F3N5O2/c1-23-21-26(39-31(42)24-9-7-10-25(22-24)33(34,35)36)13-14-29(23)43-32-27(11-8-16-38-32)28-15-17-37-30(40-28)12-3-6-20-41-18-4-2-5-19-41/h7-11,13-17,21-22H,2-6,12,18-20H2,1H3,(H,39,42). The number of rotatable bonds is 10. The van der Waals surface area contributed by atoms with Crippen molar-refractivity contribution in [3.05, 3.63) is 95.6 Å².